The van der Waals surface area contributed by atoms with E-state index in [0.29, 0.717) is 0 Å². The van der Waals surface area contributed by atoms with Gasteiger partial charge in [-0.15, -0.1) is 0 Å². The average molecular weight is 352 g/mol. The van der Waals surface area contributed by atoms with E-state index in [0.717, 1.165) is 0 Å². The lowest BCUT2D eigenvalue weighted by molar-refractivity contribution is -0.0517. The second-order valence-electron chi connectivity index (χ2n) is 5.14. The lowest BCUT2D eigenvalue weighted by atomic mass is 10.5. The standard InChI is InChI=1S/C12H28P.CHF3O3S/c1-5-9-13(10-6-2,11-7-3)12-8-4;2-1(3,4)8(5,6)7/h5-12H2,1-4H3;(H,5,6,7)/q+1;/p-1. The van der Waals surface area contributed by atoms with Gasteiger partial charge in [-0.25, -0.2) is 8.42 Å². The number of rotatable bonds is 8. The predicted molar refractivity (Wildman–Crippen MR) is 83.3 cm³/mol. The summed E-state index contributed by atoms with van der Waals surface area (Å²) in [7, 11) is -6.59. The minimum atomic E-state index is -6.09. The van der Waals surface area contributed by atoms with Crippen LogP contribution in [0.2, 0.25) is 0 Å². The zero-order chi connectivity index (χ0) is 17.2. The van der Waals surface area contributed by atoms with Crippen LogP contribution in [0.5, 0.6) is 0 Å². The summed E-state index contributed by atoms with van der Waals surface area (Å²) in [5.41, 5.74) is -5.65. The summed E-state index contributed by atoms with van der Waals surface area (Å²) in [6.07, 6.45) is 11.9. The molecule has 0 aliphatic carbocycles. The van der Waals surface area contributed by atoms with Gasteiger partial charge < -0.3 is 4.55 Å². The van der Waals surface area contributed by atoms with Crippen molar-refractivity contribution in [1.82, 2.24) is 0 Å². The summed E-state index contributed by atoms with van der Waals surface area (Å²) in [4.78, 5) is 0. The lowest BCUT2D eigenvalue weighted by Crippen LogP contribution is -2.21. The molecule has 0 aromatic carbocycles. The average Bonchev–Trinajstić information content (AvgIpc) is 2.28. The van der Waals surface area contributed by atoms with Gasteiger partial charge in [0.1, 0.15) is 0 Å². The van der Waals surface area contributed by atoms with Gasteiger partial charge in [0, 0.05) is 7.26 Å². The molecule has 0 unspecified atom stereocenters. The summed E-state index contributed by atoms with van der Waals surface area (Å²) < 4.78 is 58.9. The van der Waals surface area contributed by atoms with E-state index < -0.39 is 22.9 Å². The van der Waals surface area contributed by atoms with Crippen molar-refractivity contribution in [1.29, 1.82) is 0 Å². The summed E-state index contributed by atoms with van der Waals surface area (Å²) in [6.45, 7) is 9.43. The maximum Gasteiger partial charge on any atom is 0.485 e. The number of halogens is 3. The Morgan fingerprint density at radius 2 is 1.00 bits per heavy atom. The van der Waals surface area contributed by atoms with Crippen LogP contribution in [0.15, 0.2) is 0 Å². The predicted octanol–water partition coefficient (Wildman–Crippen LogP) is 4.70. The molecule has 0 spiro atoms. The van der Waals surface area contributed by atoms with Crippen molar-refractivity contribution >= 4 is 17.4 Å². The topological polar surface area (TPSA) is 57.2 Å². The Labute approximate surface area is 127 Å². The van der Waals surface area contributed by atoms with Crippen molar-refractivity contribution in [3.63, 3.8) is 0 Å². The van der Waals surface area contributed by atoms with Crippen molar-refractivity contribution in [3.05, 3.63) is 0 Å². The fourth-order valence-electron chi connectivity index (χ4n) is 2.57. The first-order chi connectivity index (χ1) is 9.49. The third-order valence-electron chi connectivity index (χ3n) is 3.08. The van der Waals surface area contributed by atoms with Crippen molar-refractivity contribution in [2.24, 2.45) is 0 Å². The van der Waals surface area contributed by atoms with Crippen LogP contribution in [0.1, 0.15) is 53.4 Å². The number of hydrogen-bond donors (Lipinski definition) is 0. The fraction of sp³-hybridized carbons (Fsp3) is 1.00. The maximum absolute atomic E-state index is 10.7. The maximum atomic E-state index is 10.7. The van der Waals surface area contributed by atoms with Crippen LogP contribution in [0.4, 0.5) is 13.2 Å². The van der Waals surface area contributed by atoms with E-state index in [9.17, 15) is 13.2 Å². The highest BCUT2D eigenvalue weighted by Crippen LogP contribution is 2.60. The van der Waals surface area contributed by atoms with E-state index in [4.69, 9.17) is 13.0 Å². The molecule has 0 aliphatic heterocycles. The third kappa shape index (κ3) is 10.5. The normalized spacial score (nSPS) is 12.8. The molecular weight excluding hydrogens is 324 g/mol. The Morgan fingerprint density at radius 1 is 0.810 bits per heavy atom. The van der Waals surface area contributed by atoms with Crippen LogP contribution in [0, 0.1) is 0 Å². The molecule has 0 aliphatic rings. The largest absolute Gasteiger partial charge is 0.741 e. The van der Waals surface area contributed by atoms with Crippen LogP contribution in [-0.4, -0.2) is 43.1 Å². The van der Waals surface area contributed by atoms with E-state index in [1.54, 1.807) is 24.6 Å². The van der Waals surface area contributed by atoms with Gasteiger partial charge in [0.05, 0.1) is 24.6 Å². The van der Waals surface area contributed by atoms with Crippen LogP contribution in [-0.2, 0) is 10.1 Å². The zero-order valence-electron chi connectivity index (χ0n) is 13.4. The molecule has 0 heterocycles. The quantitative estimate of drug-likeness (QED) is 0.361. The van der Waals surface area contributed by atoms with Gasteiger partial charge >= 0.3 is 5.51 Å². The van der Waals surface area contributed by atoms with Crippen molar-refractivity contribution in [2.75, 3.05) is 24.6 Å². The van der Waals surface area contributed by atoms with E-state index in [1.807, 2.05) is 0 Å². The molecule has 0 radical (unpaired) electrons. The molecule has 21 heavy (non-hydrogen) atoms. The summed E-state index contributed by atoms with van der Waals surface area (Å²) in [6, 6.07) is 0. The molecule has 0 aromatic rings. The summed E-state index contributed by atoms with van der Waals surface area (Å²) >= 11 is 0. The summed E-state index contributed by atoms with van der Waals surface area (Å²) in [5, 5.41) is 0. The first-order valence-electron chi connectivity index (χ1n) is 7.36. The van der Waals surface area contributed by atoms with E-state index in [-0.39, 0.29) is 0 Å². The fourth-order valence-corrected chi connectivity index (χ4v) is 7.70. The number of alkyl halides is 3. The molecule has 0 bridgehead atoms. The van der Waals surface area contributed by atoms with Gasteiger partial charge in [-0.1, -0.05) is 27.7 Å². The molecule has 0 saturated heterocycles. The second kappa shape index (κ2) is 10.8. The first kappa shape index (κ1) is 23.4. The van der Waals surface area contributed by atoms with Crippen molar-refractivity contribution in [2.45, 2.75) is 58.9 Å². The molecule has 0 aromatic heterocycles. The molecule has 0 saturated carbocycles. The Kier molecular flexibility index (Phi) is 12.0. The van der Waals surface area contributed by atoms with Gasteiger partial charge in [0.2, 0.25) is 0 Å². The Hall–Kier alpha value is 0.130. The van der Waals surface area contributed by atoms with E-state index >= 15 is 0 Å². The lowest BCUT2D eigenvalue weighted by Gasteiger charge is -2.26. The van der Waals surface area contributed by atoms with Crippen LogP contribution in [0.3, 0.4) is 0 Å². The smallest absolute Gasteiger partial charge is 0.485 e. The molecule has 8 heteroatoms. The van der Waals surface area contributed by atoms with Crippen molar-refractivity contribution in [3.8, 4) is 0 Å². The molecule has 0 atom stereocenters. The van der Waals surface area contributed by atoms with Crippen LogP contribution < -0.4 is 0 Å². The highest BCUT2D eigenvalue weighted by Gasteiger charge is 2.37. The monoisotopic (exact) mass is 352 g/mol. The van der Waals surface area contributed by atoms with E-state index in [1.165, 1.54) is 25.7 Å². The van der Waals surface area contributed by atoms with Crippen molar-refractivity contribution < 1.29 is 26.1 Å². The van der Waals surface area contributed by atoms with Gasteiger partial charge in [0.15, 0.2) is 10.1 Å². The van der Waals surface area contributed by atoms with Crippen LogP contribution in [0.25, 0.3) is 0 Å². The summed E-state index contributed by atoms with van der Waals surface area (Å²) in [5.74, 6) is 0. The highest BCUT2D eigenvalue weighted by molar-refractivity contribution is 7.86. The van der Waals surface area contributed by atoms with Gasteiger partial charge in [-0.05, 0) is 25.7 Å². The Bertz CT molecular complexity index is 327. The second-order valence-corrected chi connectivity index (χ2v) is 11.0. The molecule has 0 amide bonds. The van der Waals surface area contributed by atoms with Gasteiger partial charge in [0.25, 0.3) is 0 Å². The van der Waals surface area contributed by atoms with E-state index in [2.05, 4.69) is 27.7 Å². The Balaban J connectivity index is 0. The SMILES string of the molecule is CCC[P+](CCC)(CCC)CCC.O=S(=O)([O-])C(F)(F)F. The molecule has 0 rings (SSSR count). The van der Waals surface area contributed by atoms with Crippen LogP contribution >= 0.6 is 7.26 Å². The van der Waals surface area contributed by atoms with Gasteiger partial charge in [-0.3, -0.25) is 0 Å². The Morgan fingerprint density at radius 3 is 1.10 bits per heavy atom. The molecule has 3 nitrogen and oxygen atoms in total. The molecular formula is C13H28F3O3PS. The third-order valence-corrected chi connectivity index (χ3v) is 9.23. The van der Waals surface area contributed by atoms with Gasteiger partial charge in [-0.2, -0.15) is 13.2 Å². The first-order valence-corrected chi connectivity index (χ1v) is 11.3. The number of hydrogen-bond acceptors (Lipinski definition) is 3. The molecule has 0 fully saturated rings. The molecule has 130 valence electrons. The minimum absolute atomic E-state index is 0.496. The zero-order valence-corrected chi connectivity index (χ0v) is 15.1. The molecule has 0 N–H and O–H groups in total. The minimum Gasteiger partial charge on any atom is -0.741 e. The highest BCUT2D eigenvalue weighted by atomic mass is 32.2.